The fraction of sp³-hybridized carbons (Fsp3) is 0.375. The van der Waals surface area contributed by atoms with Gasteiger partial charge < -0.3 is 10.6 Å². The number of anilines is 1. The second kappa shape index (κ2) is 6.54. The standard InChI is InChI=1S/C16H19BrN4/c17-13-6-4-12(5-7-13)15-8-9-19-16(20-15)21-10-2-1-3-14(21)11-18/h4-9,14H,1-3,10-11,18H2. The van der Waals surface area contributed by atoms with Crippen LogP contribution in [0, 0.1) is 0 Å². The summed E-state index contributed by atoms with van der Waals surface area (Å²) >= 11 is 3.46. The van der Waals surface area contributed by atoms with Crippen molar-refractivity contribution in [3.63, 3.8) is 0 Å². The van der Waals surface area contributed by atoms with Crippen LogP contribution in [-0.2, 0) is 0 Å². The highest BCUT2D eigenvalue weighted by molar-refractivity contribution is 9.10. The van der Waals surface area contributed by atoms with Crippen LogP contribution in [0.3, 0.4) is 0 Å². The molecule has 2 N–H and O–H groups in total. The van der Waals surface area contributed by atoms with Crippen molar-refractivity contribution in [1.29, 1.82) is 0 Å². The number of nitrogens with two attached hydrogens (primary N) is 1. The molecule has 21 heavy (non-hydrogen) atoms. The van der Waals surface area contributed by atoms with Crippen LogP contribution in [0.1, 0.15) is 19.3 Å². The van der Waals surface area contributed by atoms with Crippen LogP contribution in [0.15, 0.2) is 41.0 Å². The van der Waals surface area contributed by atoms with Crippen LogP contribution in [0.5, 0.6) is 0 Å². The zero-order valence-electron chi connectivity index (χ0n) is 11.9. The lowest BCUT2D eigenvalue weighted by molar-refractivity contribution is 0.458. The van der Waals surface area contributed by atoms with E-state index in [1.54, 1.807) is 0 Å². The monoisotopic (exact) mass is 346 g/mol. The Morgan fingerprint density at radius 1 is 1.19 bits per heavy atom. The lowest BCUT2D eigenvalue weighted by atomic mass is 10.0. The molecule has 0 radical (unpaired) electrons. The number of benzene rings is 1. The molecule has 0 amide bonds. The Hall–Kier alpha value is -1.46. The second-order valence-corrected chi connectivity index (χ2v) is 6.24. The van der Waals surface area contributed by atoms with Crippen molar-refractivity contribution in [3.05, 3.63) is 41.0 Å². The van der Waals surface area contributed by atoms with Crippen molar-refractivity contribution in [2.24, 2.45) is 5.73 Å². The van der Waals surface area contributed by atoms with Gasteiger partial charge in [-0.3, -0.25) is 0 Å². The summed E-state index contributed by atoms with van der Waals surface area (Å²) in [4.78, 5) is 11.4. The Kier molecular flexibility index (Phi) is 4.51. The molecule has 1 atom stereocenters. The van der Waals surface area contributed by atoms with E-state index in [4.69, 9.17) is 10.7 Å². The number of rotatable bonds is 3. The zero-order valence-corrected chi connectivity index (χ0v) is 13.5. The maximum Gasteiger partial charge on any atom is 0.226 e. The van der Waals surface area contributed by atoms with Crippen molar-refractivity contribution >= 4 is 21.9 Å². The van der Waals surface area contributed by atoms with Gasteiger partial charge in [-0.15, -0.1) is 0 Å². The number of nitrogens with zero attached hydrogens (tertiary/aromatic N) is 3. The van der Waals surface area contributed by atoms with E-state index in [0.29, 0.717) is 12.6 Å². The number of hydrogen-bond donors (Lipinski definition) is 1. The van der Waals surface area contributed by atoms with E-state index in [9.17, 15) is 0 Å². The van der Waals surface area contributed by atoms with Crippen LogP contribution < -0.4 is 10.6 Å². The quantitative estimate of drug-likeness (QED) is 0.926. The molecule has 5 heteroatoms. The first-order chi connectivity index (χ1) is 10.3. The molecule has 1 unspecified atom stereocenters. The average Bonchev–Trinajstić information content (AvgIpc) is 2.55. The predicted octanol–water partition coefficient (Wildman–Crippen LogP) is 3.22. The fourth-order valence-electron chi connectivity index (χ4n) is 2.78. The van der Waals surface area contributed by atoms with Crippen LogP contribution in [0.4, 0.5) is 5.95 Å². The minimum absolute atomic E-state index is 0.360. The van der Waals surface area contributed by atoms with Gasteiger partial charge >= 0.3 is 0 Å². The lowest BCUT2D eigenvalue weighted by Crippen LogP contribution is -2.45. The summed E-state index contributed by atoms with van der Waals surface area (Å²) in [5, 5.41) is 0. The summed E-state index contributed by atoms with van der Waals surface area (Å²) in [5.41, 5.74) is 7.95. The van der Waals surface area contributed by atoms with Gasteiger partial charge in [0.2, 0.25) is 5.95 Å². The molecular formula is C16H19BrN4. The summed E-state index contributed by atoms with van der Waals surface area (Å²) < 4.78 is 1.07. The lowest BCUT2D eigenvalue weighted by Gasteiger charge is -2.35. The SMILES string of the molecule is NCC1CCCCN1c1nccc(-c2ccc(Br)cc2)n1. The van der Waals surface area contributed by atoms with E-state index in [-0.39, 0.29) is 0 Å². The predicted molar refractivity (Wildman–Crippen MR) is 89.2 cm³/mol. The van der Waals surface area contributed by atoms with E-state index in [1.165, 1.54) is 12.8 Å². The molecule has 3 rings (SSSR count). The van der Waals surface area contributed by atoms with E-state index in [2.05, 4.69) is 37.9 Å². The van der Waals surface area contributed by atoms with Crippen LogP contribution in [-0.4, -0.2) is 29.1 Å². The largest absolute Gasteiger partial charge is 0.337 e. The highest BCUT2D eigenvalue weighted by atomic mass is 79.9. The molecule has 1 saturated heterocycles. The third-order valence-electron chi connectivity index (χ3n) is 3.94. The molecule has 1 fully saturated rings. The molecule has 4 nitrogen and oxygen atoms in total. The van der Waals surface area contributed by atoms with Gasteiger partial charge in [0.15, 0.2) is 0 Å². The van der Waals surface area contributed by atoms with Crippen molar-refractivity contribution in [2.75, 3.05) is 18.0 Å². The molecule has 1 aromatic heterocycles. The van der Waals surface area contributed by atoms with Crippen LogP contribution in [0.25, 0.3) is 11.3 Å². The Morgan fingerprint density at radius 3 is 2.76 bits per heavy atom. The normalized spacial score (nSPS) is 18.8. The molecule has 1 aliphatic heterocycles. The molecule has 1 aliphatic rings. The molecular weight excluding hydrogens is 328 g/mol. The van der Waals surface area contributed by atoms with Gasteiger partial charge in [0, 0.05) is 35.4 Å². The minimum Gasteiger partial charge on any atom is -0.337 e. The first-order valence-electron chi connectivity index (χ1n) is 7.33. The summed E-state index contributed by atoms with van der Waals surface area (Å²) in [7, 11) is 0. The molecule has 0 saturated carbocycles. The van der Waals surface area contributed by atoms with Gasteiger partial charge in [-0.05, 0) is 37.5 Å². The number of aromatic nitrogens is 2. The van der Waals surface area contributed by atoms with Crippen LogP contribution in [0.2, 0.25) is 0 Å². The van der Waals surface area contributed by atoms with E-state index >= 15 is 0 Å². The maximum absolute atomic E-state index is 5.89. The number of hydrogen-bond acceptors (Lipinski definition) is 4. The third kappa shape index (κ3) is 3.24. The molecule has 0 bridgehead atoms. The first kappa shape index (κ1) is 14.5. The molecule has 0 spiro atoms. The number of piperidine rings is 1. The van der Waals surface area contributed by atoms with Crippen molar-refractivity contribution in [1.82, 2.24) is 9.97 Å². The molecule has 0 aliphatic carbocycles. The average molecular weight is 347 g/mol. The summed E-state index contributed by atoms with van der Waals surface area (Å²) in [6.45, 7) is 1.65. The number of halogens is 1. The first-order valence-corrected chi connectivity index (χ1v) is 8.13. The molecule has 110 valence electrons. The minimum atomic E-state index is 0.360. The van der Waals surface area contributed by atoms with E-state index in [1.807, 2.05) is 24.4 Å². The Labute approximate surface area is 133 Å². The van der Waals surface area contributed by atoms with Gasteiger partial charge in [0.05, 0.1) is 5.69 Å². The molecule has 2 aromatic rings. The Bertz CT molecular complexity index is 599. The van der Waals surface area contributed by atoms with Crippen molar-refractivity contribution in [3.8, 4) is 11.3 Å². The van der Waals surface area contributed by atoms with Crippen molar-refractivity contribution in [2.45, 2.75) is 25.3 Å². The van der Waals surface area contributed by atoms with Crippen LogP contribution >= 0.6 is 15.9 Å². The molecule has 1 aromatic carbocycles. The Morgan fingerprint density at radius 2 is 2.00 bits per heavy atom. The topological polar surface area (TPSA) is 55.0 Å². The summed E-state index contributed by atoms with van der Waals surface area (Å²) in [6, 6.07) is 10.5. The van der Waals surface area contributed by atoms with Gasteiger partial charge in [-0.1, -0.05) is 28.1 Å². The summed E-state index contributed by atoms with van der Waals surface area (Å²) in [5.74, 6) is 0.797. The Balaban J connectivity index is 1.90. The second-order valence-electron chi connectivity index (χ2n) is 5.33. The fourth-order valence-corrected chi connectivity index (χ4v) is 3.04. The zero-order chi connectivity index (χ0) is 14.7. The van der Waals surface area contributed by atoms with E-state index in [0.717, 1.165) is 34.6 Å². The smallest absolute Gasteiger partial charge is 0.226 e. The highest BCUT2D eigenvalue weighted by Crippen LogP contribution is 2.24. The van der Waals surface area contributed by atoms with Gasteiger partial charge in [-0.25, -0.2) is 9.97 Å². The van der Waals surface area contributed by atoms with Gasteiger partial charge in [-0.2, -0.15) is 0 Å². The summed E-state index contributed by atoms with van der Waals surface area (Å²) in [6.07, 6.45) is 5.39. The third-order valence-corrected chi connectivity index (χ3v) is 4.47. The highest BCUT2D eigenvalue weighted by Gasteiger charge is 2.23. The van der Waals surface area contributed by atoms with Gasteiger partial charge in [0.1, 0.15) is 0 Å². The molecule has 2 heterocycles. The van der Waals surface area contributed by atoms with Gasteiger partial charge in [0.25, 0.3) is 0 Å². The van der Waals surface area contributed by atoms with E-state index < -0.39 is 0 Å². The van der Waals surface area contributed by atoms with Crippen molar-refractivity contribution < 1.29 is 0 Å². The maximum atomic E-state index is 5.89.